The van der Waals surface area contributed by atoms with Gasteiger partial charge in [0, 0.05) is 17.6 Å². The van der Waals surface area contributed by atoms with Crippen molar-refractivity contribution in [1.82, 2.24) is 9.97 Å². The molecule has 0 unspecified atom stereocenters. The molecule has 1 aromatic carbocycles. The van der Waals surface area contributed by atoms with E-state index >= 15 is 0 Å². The number of imidazole rings is 1. The molecule has 1 N–H and O–H groups in total. The predicted octanol–water partition coefficient (Wildman–Crippen LogP) is 3.84. The Hall–Kier alpha value is -2.59. The Labute approximate surface area is 138 Å². The van der Waals surface area contributed by atoms with Crippen LogP contribution in [0.4, 0.5) is 0 Å². The summed E-state index contributed by atoms with van der Waals surface area (Å²) < 4.78 is 8.07. The summed E-state index contributed by atoms with van der Waals surface area (Å²) in [7, 11) is 0. The topological polar surface area (TPSA) is 42.0 Å². The summed E-state index contributed by atoms with van der Waals surface area (Å²) in [6.07, 6.45) is 3.80. The quantitative estimate of drug-likeness (QED) is 0.582. The first kappa shape index (κ1) is 14.0. The van der Waals surface area contributed by atoms with Crippen LogP contribution in [0.5, 0.6) is 5.75 Å². The molecule has 0 atom stereocenters. The number of hydrogen-bond donors (Lipinski definition) is 1. The normalized spacial score (nSPS) is 11.2. The first-order chi connectivity index (χ1) is 11.2. The summed E-state index contributed by atoms with van der Waals surface area (Å²) in [5.74, 6) is 0.727. The van der Waals surface area contributed by atoms with E-state index in [1.165, 1.54) is 5.69 Å². The average Bonchev–Trinajstić information content (AvgIpc) is 2.99. The highest BCUT2D eigenvalue weighted by Crippen LogP contribution is 2.29. The van der Waals surface area contributed by atoms with Gasteiger partial charge < -0.3 is 4.74 Å². The molecule has 0 amide bonds. The first-order valence-electron chi connectivity index (χ1n) is 7.37. The fourth-order valence-electron chi connectivity index (χ4n) is 2.71. The molecule has 0 saturated carbocycles. The zero-order valence-corrected chi connectivity index (χ0v) is 13.3. The van der Waals surface area contributed by atoms with Crippen molar-refractivity contribution in [3.05, 3.63) is 71.3 Å². The van der Waals surface area contributed by atoms with Crippen LogP contribution in [0.15, 0.2) is 54.9 Å². The van der Waals surface area contributed by atoms with E-state index in [9.17, 15) is 0 Å². The lowest BCUT2D eigenvalue weighted by Gasteiger charge is -2.07. The second kappa shape index (κ2) is 5.56. The number of halogens is 1. The highest BCUT2D eigenvalue weighted by Gasteiger charge is 2.12. The highest BCUT2D eigenvalue weighted by atomic mass is 35.5. The van der Waals surface area contributed by atoms with E-state index in [0.717, 1.165) is 28.0 Å². The van der Waals surface area contributed by atoms with Crippen molar-refractivity contribution in [2.45, 2.75) is 13.5 Å². The molecule has 4 nitrogen and oxygen atoms in total. The van der Waals surface area contributed by atoms with Crippen LogP contribution in [0.1, 0.15) is 11.4 Å². The van der Waals surface area contributed by atoms with E-state index in [2.05, 4.69) is 33.6 Å². The van der Waals surface area contributed by atoms with Crippen molar-refractivity contribution >= 4 is 28.2 Å². The standard InChI is InChI=1S/C18H14ClN3O/c1-12-4-2-6-17-21-13(10-22(12)17)11-23-16-8-7-15(19)14-5-3-9-20-18(14)16/h2-10H,11H2,1H3/p+1. The number of rotatable bonds is 3. The molecular weight excluding hydrogens is 310 g/mol. The van der Waals surface area contributed by atoms with Crippen molar-refractivity contribution in [2.75, 3.05) is 0 Å². The van der Waals surface area contributed by atoms with Gasteiger partial charge in [-0.3, -0.25) is 4.98 Å². The molecule has 114 valence electrons. The Balaban J connectivity index is 1.66. The molecule has 4 aromatic rings. The molecule has 3 heterocycles. The summed E-state index contributed by atoms with van der Waals surface area (Å²) in [6.45, 7) is 2.51. The van der Waals surface area contributed by atoms with Crippen molar-refractivity contribution in [3.63, 3.8) is 0 Å². The second-order valence-electron chi connectivity index (χ2n) is 5.44. The van der Waals surface area contributed by atoms with Gasteiger partial charge in [0.1, 0.15) is 23.2 Å². The van der Waals surface area contributed by atoms with Crippen LogP contribution in [0.25, 0.3) is 16.6 Å². The van der Waals surface area contributed by atoms with Gasteiger partial charge in [0.05, 0.1) is 5.02 Å². The van der Waals surface area contributed by atoms with Gasteiger partial charge in [0.25, 0.3) is 5.65 Å². The predicted molar refractivity (Wildman–Crippen MR) is 89.8 cm³/mol. The maximum Gasteiger partial charge on any atom is 0.284 e. The molecule has 5 heteroatoms. The Morgan fingerprint density at radius 2 is 2.09 bits per heavy atom. The van der Waals surface area contributed by atoms with Crippen molar-refractivity contribution < 1.29 is 9.14 Å². The molecule has 0 fully saturated rings. The molecular formula is C18H15ClN3O+. The molecule has 4 rings (SSSR count). The summed E-state index contributed by atoms with van der Waals surface area (Å²) >= 11 is 6.21. The molecule has 0 bridgehead atoms. The maximum atomic E-state index is 6.21. The lowest BCUT2D eigenvalue weighted by molar-refractivity contribution is -0.518. The Kier molecular flexibility index (Phi) is 3.39. The van der Waals surface area contributed by atoms with Crippen LogP contribution in [-0.4, -0.2) is 9.97 Å². The maximum absolute atomic E-state index is 6.21. The van der Waals surface area contributed by atoms with Crippen LogP contribution >= 0.6 is 11.6 Å². The molecule has 0 aliphatic heterocycles. The number of H-pyrrole nitrogens is 1. The monoisotopic (exact) mass is 324 g/mol. The number of ether oxygens (including phenoxy) is 1. The van der Waals surface area contributed by atoms with Gasteiger partial charge in [-0.1, -0.05) is 17.7 Å². The molecule has 0 radical (unpaired) electrons. The number of nitrogens with one attached hydrogen (secondary N) is 1. The minimum Gasteiger partial charge on any atom is -0.483 e. The number of aromatic nitrogens is 3. The smallest absolute Gasteiger partial charge is 0.284 e. The second-order valence-corrected chi connectivity index (χ2v) is 5.84. The summed E-state index contributed by atoms with van der Waals surface area (Å²) in [5, 5.41) is 1.57. The number of aromatic amines is 1. The minimum atomic E-state index is 0.439. The van der Waals surface area contributed by atoms with Crippen molar-refractivity contribution in [3.8, 4) is 5.75 Å². The van der Waals surface area contributed by atoms with E-state index < -0.39 is 0 Å². The largest absolute Gasteiger partial charge is 0.483 e. The molecule has 23 heavy (non-hydrogen) atoms. The Morgan fingerprint density at radius 1 is 1.17 bits per heavy atom. The lowest BCUT2D eigenvalue weighted by Crippen LogP contribution is -2.22. The van der Waals surface area contributed by atoms with Crippen LogP contribution in [0, 0.1) is 6.92 Å². The molecule has 0 saturated heterocycles. The number of hydrogen-bond acceptors (Lipinski definition) is 2. The van der Waals surface area contributed by atoms with Gasteiger partial charge in [-0.2, -0.15) is 4.40 Å². The van der Waals surface area contributed by atoms with E-state index in [1.807, 2.05) is 36.4 Å². The molecule has 0 spiro atoms. The van der Waals surface area contributed by atoms with E-state index in [0.29, 0.717) is 11.6 Å². The lowest BCUT2D eigenvalue weighted by atomic mass is 10.2. The summed E-state index contributed by atoms with van der Waals surface area (Å²) in [5.41, 5.74) is 3.99. The van der Waals surface area contributed by atoms with Gasteiger partial charge in [0.2, 0.25) is 0 Å². The number of fused-ring (bicyclic) bond motifs is 2. The SMILES string of the molecule is Cc1cccc2[nH]c(COc3ccc(Cl)c4cccnc34)c[n+]12. The van der Waals surface area contributed by atoms with E-state index in [1.54, 1.807) is 6.20 Å². The van der Waals surface area contributed by atoms with E-state index in [-0.39, 0.29) is 0 Å². The fourth-order valence-corrected chi connectivity index (χ4v) is 2.93. The number of aryl methyl sites for hydroxylation is 1. The van der Waals surface area contributed by atoms with Gasteiger partial charge in [-0.25, -0.2) is 4.98 Å². The van der Waals surface area contributed by atoms with Gasteiger partial charge in [0.15, 0.2) is 12.3 Å². The zero-order chi connectivity index (χ0) is 15.8. The Bertz CT molecular complexity index is 1010. The highest BCUT2D eigenvalue weighted by molar-refractivity contribution is 6.35. The van der Waals surface area contributed by atoms with Crippen molar-refractivity contribution in [2.24, 2.45) is 0 Å². The summed E-state index contributed by atoms with van der Waals surface area (Å²) in [4.78, 5) is 7.74. The minimum absolute atomic E-state index is 0.439. The average molecular weight is 325 g/mol. The third kappa shape index (κ3) is 2.51. The Morgan fingerprint density at radius 3 is 2.96 bits per heavy atom. The third-order valence-electron chi connectivity index (χ3n) is 3.87. The first-order valence-corrected chi connectivity index (χ1v) is 7.75. The van der Waals surface area contributed by atoms with Crippen LogP contribution in [-0.2, 0) is 6.61 Å². The van der Waals surface area contributed by atoms with Crippen molar-refractivity contribution in [1.29, 1.82) is 0 Å². The summed E-state index contributed by atoms with van der Waals surface area (Å²) in [6, 6.07) is 13.7. The third-order valence-corrected chi connectivity index (χ3v) is 4.20. The van der Waals surface area contributed by atoms with Crippen LogP contribution < -0.4 is 9.14 Å². The number of benzene rings is 1. The van der Waals surface area contributed by atoms with Gasteiger partial charge >= 0.3 is 0 Å². The number of pyridine rings is 2. The fraction of sp³-hybridized carbons (Fsp3) is 0.111. The van der Waals surface area contributed by atoms with Crippen LogP contribution in [0.3, 0.4) is 0 Å². The van der Waals surface area contributed by atoms with E-state index in [4.69, 9.17) is 16.3 Å². The molecule has 0 aliphatic rings. The number of nitrogens with zero attached hydrogens (tertiary/aromatic N) is 2. The molecule has 0 aliphatic carbocycles. The van der Waals surface area contributed by atoms with Gasteiger partial charge in [-0.15, -0.1) is 0 Å². The molecule has 3 aromatic heterocycles. The zero-order valence-electron chi connectivity index (χ0n) is 12.6. The van der Waals surface area contributed by atoms with Gasteiger partial charge in [-0.05, 0) is 37.3 Å². The van der Waals surface area contributed by atoms with Crippen LogP contribution in [0.2, 0.25) is 5.02 Å².